The van der Waals surface area contributed by atoms with E-state index in [0.29, 0.717) is 5.92 Å². The monoisotopic (exact) mass is 350 g/mol. The summed E-state index contributed by atoms with van der Waals surface area (Å²) in [6.45, 7) is 1.47. The zero-order chi connectivity index (χ0) is 17.9. The first-order valence-corrected chi connectivity index (χ1v) is 8.86. The molecule has 0 radical (unpaired) electrons. The van der Waals surface area contributed by atoms with Crippen molar-refractivity contribution in [2.75, 3.05) is 25.5 Å². The number of likely N-dealkylation sites (tertiary alicyclic amines) is 1. The summed E-state index contributed by atoms with van der Waals surface area (Å²) >= 11 is 0. The van der Waals surface area contributed by atoms with Crippen LogP contribution in [0.15, 0.2) is 48.8 Å². The molecule has 2 N–H and O–H groups in total. The minimum Gasteiger partial charge on any atom is -0.497 e. The van der Waals surface area contributed by atoms with Crippen LogP contribution < -0.4 is 10.1 Å². The van der Waals surface area contributed by atoms with E-state index in [0.717, 1.165) is 48.4 Å². The van der Waals surface area contributed by atoms with Crippen molar-refractivity contribution in [1.82, 2.24) is 14.9 Å². The summed E-state index contributed by atoms with van der Waals surface area (Å²) in [6.07, 6.45) is 5.77. The van der Waals surface area contributed by atoms with Crippen LogP contribution in [0.5, 0.6) is 5.75 Å². The number of benzene rings is 1. The van der Waals surface area contributed by atoms with Gasteiger partial charge in [-0.15, -0.1) is 0 Å². The Kier molecular flexibility index (Phi) is 4.48. The Bertz CT molecular complexity index is 913. The van der Waals surface area contributed by atoms with Gasteiger partial charge in [-0.1, -0.05) is 6.07 Å². The average molecular weight is 350 g/mol. The number of amides is 2. The Labute approximate surface area is 152 Å². The lowest BCUT2D eigenvalue weighted by Crippen LogP contribution is -2.40. The Morgan fingerprint density at radius 3 is 2.92 bits per heavy atom. The Hall–Kier alpha value is -3.02. The van der Waals surface area contributed by atoms with Crippen LogP contribution in [-0.2, 0) is 0 Å². The van der Waals surface area contributed by atoms with Crippen molar-refractivity contribution in [2.24, 2.45) is 0 Å². The number of rotatable bonds is 3. The van der Waals surface area contributed by atoms with E-state index in [1.54, 1.807) is 7.11 Å². The highest BCUT2D eigenvalue weighted by molar-refractivity contribution is 5.89. The number of carbonyl (C=O) groups excluding carboxylic acids is 1. The number of fused-ring (bicyclic) bond motifs is 1. The topological polar surface area (TPSA) is 70.2 Å². The van der Waals surface area contributed by atoms with Crippen LogP contribution in [0.4, 0.5) is 10.5 Å². The number of nitrogens with one attached hydrogen (secondary N) is 2. The van der Waals surface area contributed by atoms with Crippen LogP contribution >= 0.6 is 0 Å². The lowest BCUT2D eigenvalue weighted by molar-refractivity contribution is 0.194. The molecule has 0 saturated carbocycles. The zero-order valence-electron chi connectivity index (χ0n) is 14.7. The number of urea groups is 1. The number of methoxy groups -OCH3 is 1. The highest BCUT2D eigenvalue weighted by atomic mass is 16.5. The van der Waals surface area contributed by atoms with Gasteiger partial charge in [0.2, 0.25) is 0 Å². The largest absolute Gasteiger partial charge is 0.497 e. The second kappa shape index (κ2) is 7.07. The molecule has 6 nitrogen and oxygen atoms in total. The number of nitrogens with zero attached hydrogens (tertiary/aromatic N) is 2. The van der Waals surface area contributed by atoms with E-state index < -0.39 is 0 Å². The van der Waals surface area contributed by atoms with E-state index in [4.69, 9.17) is 4.74 Å². The molecule has 0 bridgehead atoms. The molecule has 0 spiro atoms. The van der Waals surface area contributed by atoms with Crippen LogP contribution in [0.25, 0.3) is 11.0 Å². The maximum absolute atomic E-state index is 12.5. The first-order chi connectivity index (χ1) is 12.7. The Morgan fingerprint density at radius 2 is 2.12 bits per heavy atom. The third kappa shape index (κ3) is 3.22. The van der Waals surface area contributed by atoms with Crippen molar-refractivity contribution in [2.45, 2.75) is 18.8 Å². The van der Waals surface area contributed by atoms with Crippen molar-refractivity contribution >= 4 is 22.8 Å². The molecule has 0 atom stereocenters. The van der Waals surface area contributed by atoms with E-state index in [2.05, 4.69) is 21.5 Å². The number of hydrogen-bond acceptors (Lipinski definition) is 3. The second-order valence-electron chi connectivity index (χ2n) is 6.57. The summed E-state index contributed by atoms with van der Waals surface area (Å²) in [5.41, 5.74) is 4.12. The zero-order valence-corrected chi connectivity index (χ0v) is 14.7. The van der Waals surface area contributed by atoms with Gasteiger partial charge in [0.05, 0.1) is 18.1 Å². The van der Waals surface area contributed by atoms with Gasteiger partial charge >= 0.3 is 6.03 Å². The highest BCUT2D eigenvalue weighted by Gasteiger charge is 2.25. The minimum atomic E-state index is -0.0613. The van der Waals surface area contributed by atoms with Crippen LogP contribution in [0.1, 0.15) is 24.3 Å². The van der Waals surface area contributed by atoms with Gasteiger partial charge in [-0.3, -0.25) is 4.98 Å². The summed E-state index contributed by atoms with van der Waals surface area (Å²) in [7, 11) is 1.62. The molecular formula is C20H22N4O2. The molecule has 3 aromatic rings. The molecule has 1 saturated heterocycles. The molecular weight excluding hydrogens is 328 g/mol. The van der Waals surface area contributed by atoms with Gasteiger partial charge < -0.3 is 19.9 Å². The van der Waals surface area contributed by atoms with E-state index in [9.17, 15) is 4.79 Å². The molecule has 0 unspecified atom stereocenters. The number of carbonyl (C=O) groups is 1. The molecule has 2 amide bonds. The maximum Gasteiger partial charge on any atom is 0.321 e. The standard InChI is InChI=1S/C20H22N4O2/c1-26-16-5-2-4-15(12-16)23-20(25)24-10-7-14(8-11-24)17-13-22-18-6-3-9-21-19(17)18/h2-6,9,12-14,22H,7-8,10-11H2,1H3,(H,23,25). The fraction of sp³-hybridized carbons (Fsp3) is 0.300. The van der Waals surface area contributed by atoms with Crippen molar-refractivity contribution < 1.29 is 9.53 Å². The molecule has 1 fully saturated rings. The Balaban J connectivity index is 1.39. The summed E-state index contributed by atoms with van der Waals surface area (Å²) in [5.74, 6) is 1.16. The van der Waals surface area contributed by atoms with Crippen LogP contribution in [0.3, 0.4) is 0 Å². The molecule has 2 aromatic heterocycles. The number of hydrogen-bond donors (Lipinski definition) is 2. The van der Waals surface area contributed by atoms with E-state index in [1.165, 1.54) is 5.56 Å². The molecule has 26 heavy (non-hydrogen) atoms. The first-order valence-electron chi connectivity index (χ1n) is 8.86. The van der Waals surface area contributed by atoms with Gasteiger partial charge in [0.25, 0.3) is 0 Å². The van der Waals surface area contributed by atoms with Crippen LogP contribution in [0.2, 0.25) is 0 Å². The number of aromatic amines is 1. The van der Waals surface area contributed by atoms with Gasteiger partial charge in [-0.25, -0.2) is 4.79 Å². The van der Waals surface area contributed by atoms with Crippen molar-refractivity contribution in [3.63, 3.8) is 0 Å². The van der Waals surface area contributed by atoms with E-state index in [-0.39, 0.29) is 6.03 Å². The maximum atomic E-state index is 12.5. The van der Waals surface area contributed by atoms with Crippen molar-refractivity contribution in [1.29, 1.82) is 0 Å². The third-order valence-corrected chi connectivity index (χ3v) is 5.01. The van der Waals surface area contributed by atoms with Gasteiger partial charge in [-0.05, 0) is 48.6 Å². The third-order valence-electron chi connectivity index (χ3n) is 5.01. The number of anilines is 1. The number of ether oxygens (including phenoxy) is 1. The van der Waals surface area contributed by atoms with Crippen molar-refractivity contribution in [3.8, 4) is 5.75 Å². The van der Waals surface area contributed by atoms with Gasteiger partial charge in [0.15, 0.2) is 0 Å². The van der Waals surface area contributed by atoms with Crippen LogP contribution in [-0.4, -0.2) is 41.1 Å². The highest BCUT2D eigenvalue weighted by Crippen LogP contribution is 2.32. The Morgan fingerprint density at radius 1 is 1.27 bits per heavy atom. The van der Waals surface area contributed by atoms with Crippen molar-refractivity contribution in [3.05, 3.63) is 54.4 Å². The number of piperidine rings is 1. The van der Waals surface area contributed by atoms with Gasteiger partial charge in [0, 0.05) is 37.2 Å². The lowest BCUT2D eigenvalue weighted by atomic mass is 9.90. The fourth-order valence-electron chi connectivity index (χ4n) is 3.58. The van der Waals surface area contributed by atoms with Crippen LogP contribution in [0, 0.1) is 0 Å². The molecule has 4 rings (SSSR count). The molecule has 0 aliphatic carbocycles. The number of pyridine rings is 1. The SMILES string of the molecule is COc1cccc(NC(=O)N2CCC(c3c[nH]c4cccnc34)CC2)c1. The number of H-pyrrole nitrogens is 1. The molecule has 134 valence electrons. The molecule has 3 heterocycles. The quantitative estimate of drug-likeness (QED) is 0.750. The van der Waals surface area contributed by atoms with E-state index in [1.807, 2.05) is 47.5 Å². The number of aromatic nitrogens is 2. The summed E-state index contributed by atoms with van der Waals surface area (Å²) in [6, 6.07) is 11.3. The average Bonchev–Trinajstić information content (AvgIpc) is 3.12. The molecule has 6 heteroatoms. The fourth-order valence-corrected chi connectivity index (χ4v) is 3.58. The minimum absolute atomic E-state index is 0.0613. The second-order valence-corrected chi connectivity index (χ2v) is 6.57. The molecule has 1 aliphatic rings. The molecule has 1 aromatic carbocycles. The van der Waals surface area contributed by atoms with Gasteiger partial charge in [0.1, 0.15) is 5.75 Å². The lowest BCUT2D eigenvalue weighted by Gasteiger charge is -2.31. The summed E-state index contributed by atoms with van der Waals surface area (Å²) in [5, 5.41) is 2.95. The van der Waals surface area contributed by atoms with Gasteiger partial charge in [-0.2, -0.15) is 0 Å². The predicted molar refractivity (Wildman–Crippen MR) is 102 cm³/mol. The normalized spacial score (nSPS) is 15.2. The summed E-state index contributed by atoms with van der Waals surface area (Å²) in [4.78, 5) is 22.2. The van der Waals surface area contributed by atoms with E-state index >= 15 is 0 Å². The first kappa shape index (κ1) is 16.4. The molecule has 1 aliphatic heterocycles. The smallest absolute Gasteiger partial charge is 0.321 e. The summed E-state index contributed by atoms with van der Waals surface area (Å²) < 4.78 is 5.20. The predicted octanol–water partition coefficient (Wildman–Crippen LogP) is 3.98.